The van der Waals surface area contributed by atoms with Gasteiger partial charge >= 0.3 is 5.97 Å². The molecule has 0 bridgehead atoms. The van der Waals surface area contributed by atoms with E-state index in [-0.39, 0.29) is 11.8 Å². The van der Waals surface area contributed by atoms with Crippen LogP contribution in [0.2, 0.25) is 0 Å². The van der Waals surface area contributed by atoms with Crippen LogP contribution in [0.5, 0.6) is 0 Å². The Hall–Kier alpha value is -1.38. The molecule has 0 aliphatic heterocycles. The Kier molecular flexibility index (Phi) is 5.32. The number of ether oxygens (including phenoxy) is 1. The van der Waals surface area contributed by atoms with Gasteiger partial charge in [0.1, 0.15) is 5.82 Å². The topological polar surface area (TPSA) is 26.3 Å². The van der Waals surface area contributed by atoms with Gasteiger partial charge in [0.15, 0.2) is 0 Å². The third kappa shape index (κ3) is 2.89. The Morgan fingerprint density at radius 3 is 2.06 bits per heavy atom. The van der Waals surface area contributed by atoms with E-state index in [4.69, 9.17) is 4.74 Å². The largest absolute Gasteiger partial charge is 0.468 e. The third-order valence-electron chi connectivity index (χ3n) is 3.33. The zero-order chi connectivity index (χ0) is 13.6. The van der Waals surface area contributed by atoms with E-state index in [2.05, 4.69) is 0 Å². The average molecular weight is 252 g/mol. The highest BCUT2D eigenvalue weighted by Crippen LogP contribution is 2.35. The van der Waals surface area contributed by atoms with Gasteiger partial charge in [0.05, 0.1) is 12.5 Å². The highest BCUT2D eigenvalue weighted by atomic mass is 19.1. The number of hydrogen-bond donors (Lipinski definition) is 0. The molecule has 0 unspecified atom stereocenters. The lowest BCUT2D eigenvalue weighted by Gasteiger charge is -2.31. The van der Waals surface area contributed by atoms with Crippen molar-refractivity contribution in [1.82, 2.24) is 0 Å². The van der Waals surface area contributed by atoms with Crippen LogP contribution in [0.15, 0.2) is 24.3 Å². The summed E-state index contributed by atoms with van der Waals surface area (Å²) in [4.78, 5) is 12.2. The number of halogens is 1. The lowest BCUT2D eigenvalue weighted by atomic mass is 9.73. The molecule has 1 rings (SSSR count). The minimum atomic E-state index is -0.633. The van der Waals surface area contributed by atoms with Crippen LogP contribution in [0.1, 0.15) is 45.1 Å². The molecule has 0 aromatic heterocycles. The molecular formula is C15H21FO2. The van der Waals surface area contributed by atoms with Gasteiger partial charge in [0, 0.05) is 0 Å². The minimum Gasteiger partial charge on any atom is -0.468 e. The highest BCUT2D eigenvalue weighted by Gasteiger charge is 2.39. The Labute approximate surface area is 108 Å². The van der Waals surface area contributed by atoms with Gasteiger partial charge in [0.2, 0.25) is 0 Å². The Morgan fingerprint density at radius 2 is 1.67 bits per heavy atom. The third-order valence-corrected chi connectivity index (χ3v) is 3.33. The maximum atomic E-state index is 13.0. The molecule has 0 N–H and O–H groups in total. The SMILES string of the molecule is CCCC(CCC)(C(=O)OC)c1ccc(F)cc1. The Bertz CT molecular complexity index is 378. The first-order chi connectivity index (χ1) is 8.60. The van der Waals surface area contributed by atoms with Gasteiger partial charge in [-0.15, -0.1) is 0 Å². The van der Waals surface area contributed by atoms with E-state index in [9.17, 15) is 9.18 Å². The van der Waals surface area contributed by atoms with Crippen molar-refractivity contribution in [2.75, 3.05) is 7.11 Å². The molecule has 0 spiro atoms. The van der Waals surface area contributed by atoms with Gasteiger partial charge in [0.25, 0.3) is 0 Å². The first kappa shape index (κ1) is 14.7. The normalized spacial score (nSPS) is 11.3. The first-order valence-corrected chi connectivity index (χ1v) is 6.45. The molecule has 0 aliphatic rings. The van der Waals surface area contributed by atoms with Gasteiger partial charge < -0.3 is 4.74 Å². The monoisotopic (exact) mass is 252 g/mol. The van der Waals surface area contributed by atoms with Crippen LogP contribution in [0.3, 0.4) is 0 Å². The Morgan fingerprint density at radius 1 is 1.17 bits per heavy atom. The van der Waals surface area contributed by atoms with Crippen LogP contribution in [0, 0.1) is 5.82 Å². The molecule has 3 heteroatoms. The van der Waals surface area contributed by atoms with E-state index in [0.717, 1.165) is 31.2 Å². The zero-order valence-corrected chi connectivity index (χ0v) is 11.3. The molecule has 0 atom stereocenters. The Balaban J connectivity index is 3.23. The van der Waals surface area contributed by atoms with Crippen LogP contribution in [0.4, 0.5) is 4.39 Å². The molecule has 0 fully saturated rings. The summed E-state index contributed by atoms with van der Waals surface area (Å²) in [5.41, 5.74) is 0.214. The number of carbonyl (C=O) groups is 1. The molecule has 1 aromatic carbocycles. The molecule has 0 amide bonds. The van der Waals surface area contributed by atoms with Crippen molar-refractivity contribution >= 4 is 5.97 Å². The second kappa shape index (κ2) is 6.53. The average Bonchev–Trinajstić information content (AvgIpc) is 2.38. The standard InChI is InChI=1S/C15H21FO2/c1-4-10-15(11-5-2,14(17)18-3)12-6-8-13(16)9-7-12/h6-9H,4-5,10-11H2,1-3H3. The zero-order valence-electron chi connectivity index (χ0n) is 11.3. The summed E-state index contributed by atoms with van der Waals surface area (Å²) in [5.74, 6) is -0.511. The van der Waals surface area contributed by atoms with Gasteiger partial charge in [-0.25, -0.2) is 4.39 Å². The van der Waals surface area contributed by atoms with Gasteiger partial charge in [-0.2, -0.15) is 0 Å². The second-order valence-corrected chi connectivity index (χ2v) is 4.58. The first-order valence-electron chi connectivity index (χ1n) is 6.45. The predicted molar refractivity (Wildman–Crippen MR) is 69.9 cm³/mol. The van der Waals surface area contributed by atoms with Crippen molar-refractivity contribution in [3.05, 3.63) is 35.6 Å². The molecule has 0 radical (unpaired) electrons. The van der Waals surface area contributed by atoms with Crippen LogP contribution in [-0.2, 0) is 14.9 Å². The van der Waals surface area contributed by atoms with Crippen LogP contribution in [-0.4, -0.2) is 13.1 Å². The maximum absolute atomic E-state index is 13.0. The second-order valence-electron chi connectivity index (χ2n) is 4.58. The van der Waals surface area contributed by atoms with Gasteiger partial charge in [-0.1, -0.05) is 38.8 Å². The quantitative estimate of drug-likeness (QED) is 0.719. The summed E-state index contributed by atoms with van der Waals surface area (Å²) in [6, 6.07) is 6.19. The molecule has 2 nitrogen and oxygen atoms in total. The summed E-state index contributed by atoms with van der Waals surface area (Å²) < 4.78 is 18.0. The summed E-state index contributed by atoms with van der Waals surface area (Å²) in [6.45, 7) is 4.08. The van der Waals surface area contributed by atoms with E-state index in [1.807, 2.05) is 13.8 Å². The van der Waals surface area contributed by atoms with E-state index in [0.29, 0.717) is 0 Å². The van der Waals surface area contributed by atoms with E-state index < -0.39 is 5.41 Å². The number of benzene rings is 1. The van der Waals surface area contributed by atoms with Crippen LogP contribution >= 0.6 is 0 Å². The van der Waals surface area contributed by atoms with Crippen LogP contribution in [0.25, 0.3) is 0 Å². The number of methoxy groups -OCH3 is 1. The van der Waals surface area contributed by atoms with Crippen LogP contribution < -0.4 is 0 Å². The summed E-state index contributed by atoms with van der Waals surface area (Å²) in [5, 5.41) is 0. The fraction of sp³-hybridized carbons (Fsp3) is 0.533. The number of esters is 1. The molecule has 100 valence electrons. The fourth-order valence-electron chi connectivity index (χ4n) is 2.55. The van der Waals surface area contributed by atoms with Crippen molar-refractivity contribution in [1.29, 1.82) is 0 Å². The lowest BCUT2D eigenvalue weighted by Crippen LogP contribution is -2.37. The highest BCUT2D eigenvalue weighted by molar-refractivity contribution is 5.83. The van der Waals surface area contributed by atoms with E-state index in [1.165, 1.54) is 19.2 Å². The van der Waals surface area contributed by atoms with E-state index >= 15 is 0 Å². The molecule has 0 saturated heterocycles. The van der Waals surface area contributed by atoms with Crippen molar-refractivity contribution < 1.29 is 13.9 Å². The summed E-state index contributed by atoms with van der Waals surface area (Å²) in [7, 11) is 1.41. The van der Waals surface area contributed by atoms with Gasteiger partial charge in [-0.3, -0.25) is 4.79 Å². The fourth-order valence-corrected chi connectivity index (χ4v) is 2.55. The lowest BCUT2D eigenvalue weighted by molar-refractivity contribution is -0.148. The van der Waals surface area contributed by atoms with E-state index in [1.54, 1.807) is 12.1 Å². The van der Waals surface area contributed by atoms with Crippen molar-refractivity contribution in [2.24, 2.45) is 0 Å². The molecule has 18 heavy (non-hydrogen) atoms. The summed E-state index contributed by atoms with van der Waals surface area (Å²) in [6.07, 6.45) is 3.21. The van der Waals surface area contributed by atoms with Crippen molar-refractivity contribution in [2.45, 2.75) is 44.9 Å². The molecule has 0 heterocycles. The smallest absolute Gasteiger partial charge is 0.316 e. The number of hydrogen-bond acceptors (Lipinski definition) is 2. The van der Waals surface area contributed by atoms with Crippen molar-refractivity contribution in [3.8, 4) is 0 Å². The van der Waals surface area contributed by atoms with Crippen molar-refractivity contribution in [3.63, 3.8) is 0 Å². The number of carbonyl (C=O) groups excluding carboxylic acids is 1. The molecular weight excluding hydrogens is 231 g/mol. The van der Waals surface area contributed by atoms with Gasteiger partial charge in [-0.05, 0) is 30.5 Å². The molecule has 0 aliphatic carbocycles. The molecule has 1 aromatic rings. The summed E-state index contributed by atoms with van der Waals surface area (Å²) >= 11 is 0. The number of rotatable bonds is 6. The predicted octanol–water partition coefficient (Wildman–Crippen LogP) is 3.84. The molecule has 0 saturated carbocycles. The maximum Gasteiger partial charge on any atom is 0.316 e. The minimum absolute atomic E-state index is 0.224.